The van der Waals surface area contributed by atoms with Gasteiger partial charge >= 0.3 is 0 Å². The normalized spacial score (nSPS) is 17.7. The van der Waals surface area contributed by atoms with Crippen molar-refractivity contribution in [2.24, 2.45) is 5.92 Å². The number of nitrogens with zero attached hydrogens (tertiary/aromatic N) is 2. The molecule has 1 aromatic rings. The average molecular weight is 272 g/mol. The van der Waals surface area contributed by atoms with Crippen LogP contribution in [0.4, 0.5) is 0 Å². The average Bonchev–Trinajstić information content (AvgIpc) is 2.96. The predicted octanol–water partition coefficient (Wildman–Crippen LogP) is 1.69. The summed E-state index contributed by atoms with van der Waals surface area (Å²) in [7, 11) is 0. The van der Waals surface area contributed by atoms with Gasteiger partial charge in [0.2, 0.25) is 0 Å². The van der Waals surface area contributed by atoms with Gasteiger partial charge in [-0.25, -0.2) is 4.98 Å². The standard InChI is InChI=1S/C16H20N2O2/c1-2-13-8-9-18(12-13)16(20)15-7-6-14(11-17-15)5-3-4-10-19/h6-7,11,13,19H,2,4,8-10,12H2,1H3. The van der Waals surface area contributed by atoms with Crippen molar-refractivity contribution >= 4 is 5.91 Å². The molecule has 0 aliphatic carbocycles. The minimum Gasteiger partial charge on any atom is -0.395 e. The molecule has 0 radical (unpaired) electrons. The number of carbonyl (C=O) groups is 1. The summed E-state index contributed by atoms with van der Waals surface area (Å²) in [5.74, 6) is 6.37. The molecule has 1 fully saturated rings. The number of aromatic nitrogens is 1. The quantitative estimate of drug-likeness (QED) is 0.852. The summed E-state index contributed by atoms with van der Waals surface area (Å²) in [5, 5.41) is 8.66. The highest BCUT2D eigenvalue weighted by Gasteiger charge is 2.26. The van der Waals surface area contributed by atoms with E-state index in [0.29, 0.717) is 18.0 Å². The van der Waals surface area contributed by atoms with Crippen LogP contribution in [0.1, 0.15) is 42.2 Å². The van der Waals surface area contributed by atoms with E-state index in [2.05, 4.69) is 23.7 Å². The van der Waals surface area contributed by atoms with Gasteiger partial charge < -0.3 is 10.0 Å². The van der Waals surface area contributed by atoms with E-state index in [1.807, 2.05) is 4.90 Å². The maximum Gasteiger partial charge on any atom is 0.272 e. The molecule has 0 aromatic carbocycles. The Bertz CT molecular complexity index is 514. The van der Waals surface area contributed by atoms with Crippen molar-refractivity contribution in [1.82, 2.24) is 9.88 Å². The van der Waals surface area contributed by atoms with E-state index < -0.39 is 0 Å². The van der Waals surface area contributed by atoms with Crippen LogP contribution >= 0.6 is 0 Å². The molecule has 1 aromatic heterocycles. The highest BCUT2D eigenvalue weighted by molar-refractivity contribution is 5.92. The SMILES string of the molecule is CCC1CCN(C(=O)c2ccc(C#CCCO)cn2)C1. The summed E-state index contributed by atoms with van der Waals surface area (Å²) in [6.07, 6.45) is 4.28. The highest BCUT2D eigenvalue weighted by atomic mass is 16.2. The zero-order valence-corrected chi connectivity index (χ0v) is 11.8. The van der Waals surface area contributed by atoms with Crippen molar-refractivity contribution in [2.75, 3.05) is 19.7 Å². The number of amides is 1. The zero-order valence-electron chi connectivity index (χ0n) is 11.8. The molecule has 2 rings (SSSR count). The molecule has 0 bridgehead atoms. The van der Waals surface area contributed by atoms with E-state index in [9.17, 15) is 4.79 Å². The molecule has 4 heteroatoms. The monoisotopic (exact) mass is 272 g/mol. The Hall–Kier alpha value is -1.86. The number of likely N-dealkylation sites (tertiary alicyclic amines) is 1. The van der Waals surface area contributed by atoms with Crippen LogP contribution in [0, 0.1) is 17.8 Å². The Morgan fingerprint density at radius 3 is 3.00 bits per heavy atom. The number of aliphatic hydroxyl groups excluding tert-OH is 1. The smallest absolute Gasteiger partial charge is 0.272 e. The van der Waals surface area contributed by atoms with Crippen molar-refractivity contribution in [3.05, 3.63) is 29.6 Å². The van der Waals surface area contributed by atoms with Gasteiger partial charge in [-0.15, -0.1) is 0 Å². The van der Waals surface area contributed by atoms with Crippen LogP contribution < -0.4 is 0 Å². The van der Waals surface area contributed by atoms with E-state index in [0.717, 1.165) is 31.5 Å². The fraction of sp³-hybridized carbons (Fsp3) is 0.500. The molecule has 1 atom stereocenters. The van der Waals surface area contributed by atoms with E-state index in [1.54, 1.807) is 18.3 Å². The number of pyridine rings is 1. The molecule has 1 saturated heterocycles. The van der Waals surface area contributed by atoms with Gasteiger partial charge in [0, 0.05) is 31.3 Å². The van der Waals surface area contributed by atoms with Crippen LogP contribution in [0.3, 0.4) is 0 Å². The van der Waals surface area contributed by atoms with Crippen LogP contribution in [-0.2, 0) is 0 Å². The van der Waals surface area contributed by atoms with Gasteiger partial charge in [0.1, 0.15) is 5.69 Å². The number of aliphatic hydroxyl groups is 1. The molecule has 0 saturated carbocycles. The van der Waals surface area contributed by atoms with E-state index in [4.69, 9.17) is 5.11 Å². The number of hydrogen-bond donors (Lipinski definition) is 1. The third kappa shape index (κ3) is 3.58. The lowest BCUT2D eigenvalue weighted by molar-refractivity contribution is 0.0781. The van der Waals surface area contributed by atoms with Gasteiger partial charge in [-0.3, -0.25) is 4.79 Å². The summed E-state index contributed by atoms with van der Waals surface area (Å²) in [4.78, 5) is 18.4. The Kier molecular flexibility index (Phi) is 5.14. The first-order valence-electron chi connectivity index (χ1n) is 7.09. The van der Waals surface area contributed by atoms with Gasteiger partial charge in [0.15, 0.2) is 0 Å². The topological polar surface area (TPSA) is 53.4 Å². The number of rotatable bonds is 3. The Morgan fingerprint density at radius 2 is 2.40 bits per heavy atom. The van der Waals surface area contributed by atoms with Crippen molar-refractivity contribution in [3.8, 4) is 11.8 Å². The van der Waals surface area contributed by atoms with Gasteiger partial charge in [0.25, 0.3) is 5.91 Å². The van der Waals surface area contributed by atoms with E-state index in [1.165, 1.54) is 0 Å². The maximum absolute atomic E-state index is 12.3. The summed E-state index contributed by atoms with van der Waals surface area (Å²) in [6.45, 7) is 3.90. The lowest BCUT2D eigenvalue weighted by Gasteiger charge is -2.15. The Labute approximate surface area is 119 Å². The minimum atomic E-state index is 0.0100. The van der Waals surface area contributed by atoms with Gasteiger partial charge in [-0.2, -0.15) is 0 Å². The van der Waals surface area contributed by atoms with Crippen molar-refractivity contribution in [2.45, 2.75) is 26.2 Å². The summed E-state index contributed by atoms with van der Waals surface area (Å²) in [6, 6.07) is 3.53. The molecule has 1 unspecified atom stereocenters. The van der Waals surface area contributed by atoms with Gasteiger partial charge in [-0.1, -0.05) is 25.2 Å². The van der Waals surface area contributed by atoms with Crippen LogP contribution in [0.5, 0.6) is 0 Å². The highest BCUT2D eigenvalue weighted by Crippen LogP contribution is 2.20. The molecular weight excluding hydrogens is 252 g/mol. The second-order valence-electron chi connectivity index (χ2n) is 5.02. The number of carbonyl (C=O) groups excluding carboxylic acids is 1. The lowest BCUT2D eigenvalue weighted by Crippen LogP contribution is -2.29. The molecule has 4 nitrogen and oxygen atoms in total. The first kappa shape index (κ1) is 14.5. The first-order chi connectivity index (χ1) is 9.74. The van der Waals surface area contributed by atoms with Gasteiger partial charge in [-0.05, 0) is 24.5 Å². The summed E-state index contributed by atoms with van der Waals surface area (Å²) in [5.41, 5.74) is 1.25. The number of hydrogen-bond acceptors (Lipinski definition) is 3. The Balaban J connectivity index is 2.00. The largest absolute Gasteiger partial charge is 0.395 e. The summed E-state index contributed by atoms with van der Waals surface area (Å²) < 4.78 is 0. The minimum absolute atomic E-state index is 0.0100. The second-order valence-corrected chi connectivity index (χ2v) is 5.02. The molecule has 2 heterocycles. The van der Waals surface area contributed by atoms with Crippen LogP contribution in [0.2, 0.25) is 0 Å². The van der Waals surface area contributed by atoms with Crippen LogP contribution in [0.25, 0.3) is 0 Å². The molecule has 1 aliphatic rings. The lowest BCUT2D eigenvalue weighted by atomic mass is 10.1. The molecule has 1 N–H and O–H groups in total. The van der Waals surface area contributed by atoms with E-state index >= 15 is 0 Å². The maximum atomic E-state index is 12.3. The summed E-state index contributed by atoms with van der Waals surface area (Å²) >= 11 is 0. The van der Waals surface area contributed by atoms with Crippen LogP contribution in [-0.4, -0.2) is 40.6 Å². The molecule has 1 aliphatic heterocycles. The molecule has 106 valence electrons. The fourth-order valence-corrected chi connectivity index (χ4v) is 2.33. The zero-order chi connectivity index (χ0) is 14.4. The fourth-order valence-electron chi connectivity index (χ4n) is 2.33. The third-order valence-corrected chi connectivity index (χ3v) is 3.60. The van der Waals surface area contributed by atoms with Gasteiger partial charge in [0.05, 0.1) is 6.61 Å². The van der Waals surface area contributed by atoms with Crippen LogP contribution in [0.15, 0.2) is 18.3 Å². The predicted molar refractivity (Wildman–Crippen MR) is 77.1 cm³/mol. The molecule has 0 spiro atoms. The van der Waals surface area contributed by atoms with Crippen molar-refractivity contribution in [1.29, 1.82) is 0 Å². The Morgan fingerprint density at radius 1 is 1.55 bits per heavy atom. The van der Waals surface area contributed by atoms with Crippen molar-refractivity contribution < 1.29 is 9.90 Å². The van der Waals surface area contributed by atoms with E-state index in [-0.39, 0.29) is 12.5 Å². The molecule has 20 heavy (non-hydrogen) atoms. The molecule has 1 amide bonds. The second kappa shape index (κ2) is 7.06. The first-order valence-corrected chi connectivity index (χ1v) is 7.09. The molecular formula is C16H20N2O2. The van der Waals surface area contributed by atoms with Crippen molar-refractivity contribution in [3.63, 3.8) is 0 Å². The third-order valence-electron chi connectivity index (χ3n) is 3.60.